The Hall–Kier alpha value is -3.27. The summed E-state index contributed by atoms with van der Waals surface area (Å²) >= 11 is 5.70. The van der Waals surface area contributed by atoms with Crippen molar-refractivity contribution in [1.29, 1.82) is 0 Å². The zero-order valence-corrected chi connectivity index (χ0v) is 22.4. The average molecular weight is 561 g/mol. The predicted molar refractivity (Wildman–Crippen MR) is 149 cm³/mol. The lowest BCUT2D eigenvalue weighted by Crippen LogP contribution is -2.50. The summed E-state index contributed by atoms with van der Waals surface area (Å²) in [5.74, 6) is 0. The molecule has 1 heterocycles. The van der Waals surface area contributed by atoms with E-state index in [9.17, 15) is 18.0 Å². The summed E-state index contributed by atoms with van der Waals surface area (Å²) in [6.45, 7) is 3.45. The van der Waals surface area contributed by atoms with Crippen molar-refractivity contribution in [1.82, 2.24) is 10.2 Å². The fourth-order valence-electron chi connectivity index (χ4n) is 4.97. The van der Waals surface area contributed by atoms with Crippen LogP contribution in [0.15, 0.2) is 66.7 Å². The van der Waals surface area contributed by atoms with Crippen LogP contribution in [0.3, 0.4) is 0 Å². The number of anilines is 2. The van der Waals surface area contributed by atoms with E-state index in [-0.39, 0.29) is 11.1 Å². The predicted octanol–water partition coefficient (Wildman–Crippen LogP) is 6.41. The number of urea groups is 1. The van der Waals surface area contributed by atoms with Crippen LogP contribution in [0, 0.1) is 0 Å². The molecule has 208 valence electrons. The van der Waals surface area contributed by atoms with Crippen molar-refractivity contribution < 1.29 is 22.7 Å². The van der Waals surface area contributed by atoms with Crippen molar-refractivity contribution in [2.75, 3.05) is 50.9 Å². The summed E-state index contributed by atoms with van der Waals surface area (Å²) in [5.41, 5.74) is 8.46. The van der Waals surface area contributed by atoms with Gasteiger partial charge in [0.05, 0.1) is 17.2 Å². The lowest BCUT2D eigenvalue weighted by Gasteiger charge is -2.42. The first-order valence-corrected chi connectivity index (χ1v) is 13.1. The number of piperidine rings is 1. The van der Waals surface area contributed by atoms with E-state index in [0.29, 0.717) is 18.8 Å². The Labute approximate surface area is 231 Å². The van der Waals surface area contributed by atoms with E-state index < -0.39 is 22.8 Å². The molecule has 0 saturated carbocycles. The number of carbonyl (C=O) groups is 1. The van der Waals surface area contributed by atoms with Crippen molar-refractivity contribution in [2.24, 2.45) is 0 Å². The third-order valence-corrected chi connectivity index (χ3v) is 7.59. The smallest absolute Gasteiger partial charge is 0.399 e. The number of methoxy groups -OCH3 is 1. The van der Waals surface area contributed by atoms with Gasteiger partial charge < -0.3 is 26.0 Å². The van der Waals surface area contributed by atoms with Gasteiger partial charge in [-0.2, -0.15) is 13.2 Å². The van der Waals surface area contributed by atoms with E-state index in [1.807, 2.05) is 24.3 Å². The maximum Gasteiger partial charge on any atom is 0.417 e. The molecule has 0 aromatic heterocycles. The fourth-order valence-corrected chi connectivity index (χ4v) is 5.20. The van der Waals surface area contributed by atoms with Gasteiger partial charge in [-0.1, -0.05) is 48.0 Å². The number of hydrogen-bond donors (Lipinski definition) is 3. The minimum atomic E-state index is -4.62. The second kappa shape index (κ2) is 12.3. The second-order valence-corrected chi connectivity index (χ2v) is 10.2. The van der Waals surface area contributed by atoms with Crippen LogP contribution in [0.25, 0.3) is 11.1 Å². The molecule has 10 heteroatoms. The Bertz CT molecular complexity index is 1280. The van der Waals surface area contributed by atoms with Crippen molar-refractivity contribution in [3.63, 3.8) is 0 Å². The van der Waals surface area contributed by atoms with Crippen LogP contribution < -0.4 is 16.4 Å². The highest BCUT2D eigenvalue weighted by Gasteiger charge is 2.37. The molecule has 0 aliphatic carbocycles. The molecule has 1 saturated heterocycles. The number of rotatable bonds is 8. The largest absolute Gasteiger partial charge is 0.417 e. The molecule has 1 fully saturated rings. The van der Waals surface area contributed by atoms with Crippen LogP contribution >= 0.6 is 11.6 Å². The molecule has 4 rings (SSSR count). The zero-order valence-electron chi connectivity index (χ0n) is 21.7. The number of hydrogen-bond acceptors (Lipinski definition) is 4. The molecule has 39 heavy (non-hydrogen) atoms. The van der Waals surface area contributed by atoms with Gasteiger partial charge in [-0.3, -0.25) is 0 Å². The number of nitrogens with two attached hydrogens (primary N) is 1. The molecular formula is C29H32ClF3N4O2. The monoisotopic (exact) mass is 560 g/mol. The van der Waals surface area contributed by atoms with Crippen LogP contribution in [0.2, 0.25) is 5.02 Å². The van der Waals surface area contributed by atoms with E-state index in [1.54, 1.807) is 7.11 Å². The quantitative estimate of drug-likeness (QED) is 0.278. The Kier molecular flexibility index (Phi) is 9.04. The third kappa shape index (κ3) is 7.23. The van der Waals surface area contributed by atoms with Gasteiger partial charge in [-0.05, 0) is 73.0 Å². The first kappa shape index (κ1) is 28.7. The molecule has 3 aromatic carbocycles. The number of likely N-dealkylation sites (tertiary alicyclic amines) is 1. The van der Waals surface area contributed by atoms with Crippen molar-refractivity contribution in [3.8, 4) is 11.1 Å². The van der Waals surface area contributed by atoms with Gasteiger partial charge in [0.2, 0.25) is 0 Å². The molecular weight excluding hydrogens is 529 g/mol. The summed E-state index contributed by atoms with van der Waals surface area (Å²) < 4.78 is 44.9. The van der Waals surface area contributed by atoms with Crippen molar-refractivity contribution in [3.05, 3.63) is 82.9 Å². The maximum absolute atomic E-state index is 13.2. The zero-order chi connectivity index (χ0) is 28.0. The molecule has 0 unspecified atom stereocenters. The van der Waals surface area contributed by atoms with Crippen LogP contribution in [0.4, 0.5) is 29.3 Å². The molecule has 0 bridgehead atoms. The number of benzene rings is 3. The van der Waals surface area contributed by atoms with Gasteiger partial charge in [-0.25, -0.2) is 4.79 Å². The topological polar surface area (TPSA) is 79.6 Å². The van der Waals surface area contributed by atoms with Gasteiger partial charge in [0.1, 0.15) is 0 Å². The highest BCUT2D eigenvalue weighted by Crippen LogP contribution is 2.37. The van der Waals surface area contributed by atoms with E-state index >= 15 is 0 Å². The molecule has 2 amide bonds. The van der Waals surface area contributed by atoms with E-state index in [1.165, 1.54) is 6.07 Å². The normalized spacial score (nSPS) is 15.6. The van der Waals surface area contributed by atoms with E-state index in [0.717, 1.165) is 61.3 Å². The lowest BCUT2D eigenvalue weighted by molar-refractivity contribution is -0.137. The van der Waals surface area contributed by atoms with E-state index in [2.05, 4.69) is 39.8 Å². The third-order valence-electron chi connectivity index (χ3n) is 7.26. The van der Waals surface area contributed by atoms with E-state index in [4.69, 9.17) is 22.1 Å². The van der Waals surface area contributed by atoms with Crippen molar-refractivity contribution in [2.45, 2.75) is 24.4 Å². The SMILES string of the molecule is COCCN1CCC(CNC(=O)Nc2ccc(Cl)c(C(F)(F)F)c2)(c2ccc(-c3cccc(N)c3)cc2)CC1. The molecule has 0 radical (unpaired) electrons. The number of amides is 2. The lowest BCUT2D eigenvalue weighted by atomic mass is 9.72. The van der Waals surface area contributed by atoms with Gasteiger partial charge in [0.15, 0.2) is 0 Å². The first-order chi connectivity index (χ1) is 18.6. The fraction of sp³-hybridized carbons (Fsp3) is 0.345. The Balaban J connectivity index is 1.50. The van der Waals surface area contributed by atoms with Gasteiger partial charge >= 0.3 is 12.2 Å². The summed E-state index contributed by atoms with van der Waals surface area (Å²) in [6.07, 6.45) is -3.02. The molecule has 0 spiro atoms. The van der Waals surface area contributed by atoms with Crippen molar-refractivity contribution >= 4 is 29.0 Å². The highest BCUT2D eigenvalue weighted by atomic mass is 35.5. The molecule has 4 N–H and O–H groups in total. The minimum Gasteiger partial charge on any atom is -0.399 e. The van der Waals surface area contributed by atoms with Crippen LogP contribution in [0.1, 0.15) is 24.0 Å². The summed E-state index contributed by atoms with van der Waals surface area (Å²) in [6, 6.07) is 18.7. The minimum absolute atomic E-state index is 0.0131. The molecule has 0 atom stereocenters. The molecule has 1 aliphatic heterocycles. The second-order valence-electron chi connectivity index (χ2n) is 9.82. The number of nitrogen functional groups attached to an aromatic ring is 1. The summed E-state index contributed by atoms with van der Waals surface area (Å²) in [4.78, 5) is 15.1. The average Bonchev–Trinajstić information content (AvgIpc) is 2.92. The standard InChI is InChI=1S/C29H32ClF3N4O2/c1-39-16-15-37-13-11-28(12-14-37,22-7-5-20(6-8-22)21-3-2-4-23(34)17-21)19-35-27(38)36-24-9-10-26(30)25(18-24)29(31,32)33/h2-10,17-18H,11-16,19,34H2,1H3,(H2,35,36,38). The summed E-state index contributed by atoms with van der Waals surface area (Å²) in [7, 11) is 1.68. The first-order valence-electron chi connectivity index (χ1n) is 12.7. The van der Waals surface area contributed by atoms with Gasteiger partial charge in [0, 0.05) is 37.0 Å². The van der Waals surface area contributed by atoms with Crippen LogP contribution in [0.5, 0.6) is 0 Å². The Morgan fingerprint density at radius 1 is 1.05 bits per heavy atom. The number of nitrogens with one attached hydrogen (secondary N) is 2. The number of alkyl halides is 3. The Morgan fingerprint density at radius 2 is 1.77 bits per heavy atom. The number of carbonyl (C=O) groups excluding carboxylic acids is 1. The Morgan fingerprint density at radius 3 is 2.41 bits per heavy atom. The maximum atomic E-state index is 13.2. The molecule has 1 aliphatic rings. The molecule has 6 nitrogen and oxygen atoms in total. The molecule has 3 aromatic rings. The van der Waals surface area contributed by atoms with Crippen LogP contribution in [-0.2, 0) is 16.3 Å². The highest BCUT2D eigenvalue weighted by molar-refractivity contribution is 6.31. The van der Waals surface area contributed by atoms with Gasteiger partial charge in [-0.15, -0.1) is 0 Å². The summed E-state index contributed by atoms with van der Waals surface area (Å²) in [5, 5.41) is 4.99. The number of halogens is 4. The number of ether oxygens (including phenoxy) is 1. The number of nitrogens with zero attached hydrogens (tertiary/aromatic N) is 1. The van der Waals surface area contributed by atoms with Gasteiger partial charge in [0.25, 0.3) is 0 Å². The van der Waals surface area contributed by atoms with Crippen LogP contribution in [-0.4, -0.2) is 50.8 Å².